The van der Waals surface area contributed by atoms with E-state index < -0.39 is 16.6 Å². The molecule has 0 atom stereocenters. The highest BCUT2D eigenvalue weighted by Gasteiger charge is 2.45. The van der Waals surface area contributed by atoms with Crippen molar-refractivity contribution in [2.75, 3.05) is 0 Å². The molecule has 0 bridgehead atoms. The molecule has 0 spiro atoms. The normalized spacial score (nSPS) is 22.8. The lowest BCUT2D eigenvalue weighted by atomic mass is 10.4. The lowest BCUT2D eigenvalue weighted by Gasteiger charge is -2.22. The summed E-state index contributed by atoms with van der Waals surface area (Å²) in [5.74, 6) is 0. The van der Waals surface area contributed by atoms with Crippen LogP contribution in [0.3, 0.4) is 0 Å². The summed E-state index contributed by atoms with van der Waals surface area (Å²) in [4.78, 5) is 0. The molecule has 0 unspecified atom stereocenters. The Labute approximate surface area is 82.0 Å². The van der Waals surface area contributed by atoms with Crippen LogP contribution in [0.5, 0.6) is 0 Å². The maximum atomic E-state index is 6.28. The summed E-state index contributed by atoms with van der Waals surface area (Å²) in [5.41, 5.74) is 0. The minimum atomic E-state index is -1.53. The van der Waals surface area contributed by atoms with Crippen LogP contribution < -0.4 is 10.4 Å². The number of fused-ring (bicyclic) bond motifs is 1. The molecule has 0 fully saturated rings. The van der Waals surface area contributed by atoms with Gasteiger partial charge in [-0.1, -0.05) is 24.3 Å². The molecule has 0 aromatic heterocycles. The molecule has 0 saturated heterocycles. The molecule has 70 valence electrons. The molecule has 0 aliphatic carbocycles. The van der Waals surface area contributed by atoms with Gasteiger partial charge >= 0.3 is 0 Å². The Kier molecular flexibility index (Phi) is 1.81. The molecule has 0 N–H and O–H groups in total. The van der Waals surface area contributed by atoms with Crippen LogP contribution in [0.15, 0.2) is 24.3 Å². The van der Waals surface area contributed by atoms with Crippen molar-refractivity contribution in [3.05, 3.63) is 24.3 Å². The van der Waals surface area contributed by atoms with Crippen molar-refractivity contribution >= 4 is 27.0 Å². The molecular weight excluding hydrogens is 192 g/mol. The van der Waals surface area contributed by atoms with E-state index in [2.05, 4.69) is 50.5 Å². The first-order chi connectivity index (χ1) is 5.93. The lowest BCUT2D eigenvalue weighted by Crippen LogP contribution is -2.43. The third-order valence-electron chi connectivity index (χ3n) is 2.73. The van der Waals surface area contributed by atoms with Crippen LogP contribution in [0.2, 0.25) is 26.2 Å². The van der Waals surface area contributed by atoms with Crippen molar-refractivity contribution in [1.29, 1.82) is 0 Å². The maximum Gasteiger partial charge on any atom is 0.206 e. The van der Waals surface area contributed by atoms with Crippen LogP contribution in [0.1, 0.15) is 0 Å². The van der Waals surface area contributed by atoms with Crippen molar-refractivity contribution in [1.82, 2.24) is 0 Å². The third-order valence-corrected chi connectivity index (χ3v) is 10.5. The van der Waals surface area contributed by atoms with E-state index in [1.165, 1.54) is 10.4 Å². The van der Waals surface area contributed by atoms with Crippen molar-refractivity contribution < 1.29 is 4.12 Å². The fourth-order valence-corrected chi connectivity index (χ4v) is 12.5. The smallest absolute Gasteiger partial charge is 0.206 e. The van der Waals surface area contributed by atoms with Gasteiger partial charge in [0.1, 0.15) is 0 Å². The summed E-state index contributed by atoms with van der Waals surface area (Å²) in [6.45, 7) is 9.20. The molecule has 1 aromatic carbocycles. The molecule has 13 heavy (non-hydrogen) atoms. The monoisotopic (exact) mass is 208 g/mol. The Morgan fingerprint density at radius 1 is 0.846 bits per heavy atom. The molecule has 1 aromatic rings. The molecule has 1 aliphatic rings. The fourth-order valence-electron chi connectivity index (χ4n) is 2.28. The first kappa shape index (κ1) is 9.18. The summed E-state index contributed by atoms with van der Waals surface area (Å²) in [6.07, 6.45) is 0. The number of hydrogen-bond donors (Lipinski definition) is 0. The van der Waals surface area contributed by atoms with E-state index in [0.29, 0.717) is 0 Å². The standard InChI is InChI=1S/C10H16OSi2/c1-12(2)9-7-5-6-8-10(9)13(3,4)11-12/h5-8H,1-4H3. The van der Waals surface area contributed by atoms with E-state index in [4.69, 9.17) is 4.12 Å². The highest BCUT2D eigenvalue weighted by molar-refractivity contribution is 7.05. The minimum absolute atomic E-state index is 1.52. The molecule has 0 amide bonds. The van der Waals surface area contributed by atoms with Gasteiger partial charge < -0.3 is 4.12 Å². The summed E-state index contributed by atoms with van der Waals surface area (Å²) < 4.78 is 6.28. The topological polar surface area (TPSA) is 9.23 Å². The second-order valence-electron chi connectivity index (χ2n) is 4.67. The van der Waals surface area contributed by atoms with Crippen LogP contribution in [0.25, 0.3) is 0 Å². The fraction of sp³-hybridized carbons (Fsp3) is 0.400. The molecule has 1 nitrogen and oxygen atoms in total. The SMILES string of the molecule is C[Si]1(C)O[Si](C)(C)c2ccccc21. The number of hydrogen-bond acceptors (Lipinski definition) is 1. The van der Waals surface area contributed by atoms with Crippen LogP contribution in [0.4, 0.5) is 0 Å². The first-order valence-corrected chi connectivity index (χ1v) is 10.6. The van der Waals surface area contributed by atoms with E-state index in [1.807, 2.05) is 0 Å². The quantitative estimate of drug-likeness (QED) is 0.588. The summed E-state index contributed by atoms with van der Waals surface area (Å²) in [7, 11) is -3.07. The number of benzene rings is 1. The van der Waals surface area contributed by atoms with Gasteiger partial charge in [-0.15, -0.1) is 0 Å². The van der Waals surface area contributed by atoms with Crippen molar-refractivity contribution in [3.8, 4) is 0 Å². The number of rotatable bonds is 0. The minimum Gasteiger partial charge on any atom is -0.449 e. The van der Waals surface area contributed by atoms with Gasteiger partial charge in [0.2, 0.25) is 16.6 Å². The molecule has 0 radical (unpaired) electrons. The Hall–Kier alpha value is -0.386. The predicted octanol–water partition coefficient (Wildman–Crippen LogP) is 1.54. The maximum absolute atomic E-state index is 6.28. The largest absolute Gasteiger partial charge is 0.449 e. The van der Waals surface area contributed by atoms with E-state index >= 15 is 0 Å². The Morgan fingerprint density at radius 3 is 1.62 bits per heavy atom. The third kappa shape index (κ3) is 1.31. The summed E-state index contributed by atoms with van der Waals surface area (Å²) in [6, 6.07) is 8.77. The molecular formula is C10H16OSi2. The van der Waals surface area contributed by atoms with E-state index in [1.54, 1.807) is 0 Å². The Balaban J connectivity index is 2.64. The van der Waals surface area contributed by atoms with Gasteiger partial charge in [0.15, 0.2) is 0 Å². The zero-order chi connectivity index (χ0) is 9.69. The van der Waals surface area contributed by atoms with E-state index in [-0.39, 0.29) is 0 Å². The highest BCUT2D eigenvalue weighted by atomic mass is 28.4. The molecule has 1 aliphatic heterocycles. The summed E-state index contributed by atoms with van der Waals surface area (Å²) >= 11 is 0. The van der Waals surface area contributed by atoms with Crippen LogP contribution in [0, 0.1) is 0 Å². The molecule has 2 rings (SSSR count). The van der Waals surface area contributed by atoms with Crippen LogP contribution in [-0.2, 0) is 4.12 Å². The van der Waals surface area contributed by atoms with Gasteiger partial charge in [0.25, 0.3) is 0 Å². The summed E-state index contributed by atoms with van der Waals surface area (Å²) in [5, 5.41) is 3.04. The second kappa shape index (κ2) is 2.56. The van der Waals surface area contributed by atoms with E-state index in [9.17, 15) is 0 Å². The van der Waals surface area contributed by atoms with Gasteiger partial charge in [0, 0.05) is 0 Å². The zero-order valence-electron chi connectivity index (χ0n) is 8.72. The molecule has 1 heterocycles. The average Bonchev–Trinajstić information content (AvgIpc) is 2.20. The van der Waals surface area contributed by atoms with Gasteiger partial charge in [-0.05, 0) is 36.6 Å². The van der Waals surface area contributed by atoms with Crippen molar-refractivity contribution in [3.63, 3.8) is 0 Å². The van der Waals surface area contributed by atoms with Crippen molar-refractivity contribution in [2.45, 2.75) is 26.2 Å². The lowest BCUT2D eigenvalue weighted by molar-refractivity contribution is 0.583. The Morgan fingerprint density at radius 2 is 1.23 bits per heavy atom. The van der Waals surface area contributed by atoms with Gasteiger partial charge in [-0.25, -0.2) is 0 Å². The second-order valence-corrected chi connectivity index (χ2v) is 12.6. The Bertz CT molecular complexity index is 312. The average molecular weight is 208 g/mol. The van der Waals surface area contributed by atoms with Crippen LogP contribution in [-0.4, -0.2) is 16.6 Å². The highest BCUT2D eigenvalue weighted by Crippen LogP contribution is 2.20. The van der Waals surface area contributed by atoms with Gasteiger partial charge in [-0.2, -0.15) is 0 Å². The van der Waals surface area contributed by atoms with Gasteiger partial charge in [0.05, 0.1) is 0 Å². The molecule has 0 saturated carbocycles. The zero-order valence-corrected chi connectivity index (χ0v) is 10.7. The van der Waals surface area contributed by atoms with Crippen LogP contribution >= 0.6 is 0 Å². The first-order valence-electron chi connectivity index (χ1n) is 4.74. The van der Waals surface area contributed by atoms with Crippen molar-refractivity contribution in [2.24, 2.45) is 0 Å². The molecule has 3 heteroatoms. The predicted molar refractivity (Wildman–Crippen MR) is 61.8 cm³/mol. The van der Waals surface area contributed by atoms with Gasteiger partial charge in [-0.3, -0.25) is 0 Å². The van der Waals surface area contributed by atoms with E-state index in [0.717, 1.165) is 0 Å².